The van der Waals surface area contributed by atoms with Crippen LogP contribution in [0.15, 0.2) is 30.3 Å². The van der Waals surface area contributed by atoms with Gasteiger partial charge in [0.1, 0.15) is 5.75 Å². The molecule has 1 aliphatic carbocycles. The standard InChI is InChI=1S/C28H33ClF3NO3/c29-26-24-10-4-17(12-13-33-21-2-1-3-22(33)16-19(15-21)27(34)35)14-18(24)5-11-25(26)36-23-8-6-20(7-9-23)28(30,31)32/h4-5,10-11,14,19-23H,1-3,6-9,12-13,15-16H2,(H,34,35). The molecule has 2 aromatic rings. The summed E-state index contributed by atoms with van der Waals surface area (Å²) in [6.07, 6.45) is 2.30. The molecule has 3 aliphatic rings. The minimum Gasteiger partial charge on any atom is -0.489 e. The van der Waals surface area contributed by atoms with E-state index < -0.39 is 18.1 Å². The lowest BCUT2D eigenvalue weighted by molar-refractivity contribution is -0.185. The zero-order valence-corrected chi connectivity index (χ0v) is 21.0. The average molecular weight is 524 g/mol. The molecular weight excluding hydrogens is 491 g/mol. The summed E-state index contributed by atoms with van der Waals surface area (Å²) < 4.78 is 44.9. The molecule has 0 radical (unpaired) electrons. The number of rotatable bonds is 6. The first-order valence-corrected chi connectivity index (χ1v) is 13.5. The van der Waals surface area contributed by atoms with Gasteiger partial charge in [-0.05, 0) is 74.8 Å². The molecule has 2 bridgehead atoms. The highest BCUT2D eigenvalue weighted by Crippen LogP contribution is 2.41. The van der Waals surface area contributed by atoms with E-state index in [0.717, 1.165) is 49.4 Å². The van der Waals surface area contributed by atoms with E-state index in [1.165, 1.54) is 12.0 Å². The molecule has 8 heteroatoms. The summed E-state index contributed by atoms with van der Waals surface area (Å²) >= 11 is 6.66. The number of alkyl halides is 3. The van der Waals surface area contributed by atoms with Crippen molar-refractivity contribution in [3.8, 4) is 5.75 Å². The molecule has 2 heterocycles. The number of carbonyl (C=O) groups is 1. The molecule has 3 fully saturated rings. The molecule has 2 unspecified atom stereocenters. The maximum absolute atomic E-state index is 12.9. The van der Waals surface area contributed by atoms with Crippen LogP contribution < -0.4 is 4.74 Å². The van der Waals surface area contributed by atoms with E-state index in [2.05, 4.69) is 17.0 Å². The van der Waals surface area contributed by atoms with Crippen LogP contribution in [0.4, 0.5) is 13.2 Å². The molecule has 2 saturated heterocycles. The second-order valence-corrected chi connectivity index (χ2v) is 11.2. The summed E-state index contributed by atoms with van der Waals surface area (Å²) in [5.41, 5.74) is 1.20. The minimum absolute atomic E-state index is 0.0957. The molecule has 4 nitrogen and oxygen atoms in total. The van der Waals surface area contributed by atoms with Crippen LogP contribution in [0, 0.1) is 11.8 Å². The van der Waals surface area contributed by atoms with Gasteiger partial charge in [0.15, 0.2) is 0 Å². The highest BCUT2D eigenvalue weighted by Gasteiger charge is 2.42. The molecule has 0 aromatic heterocycles. The highest BCUT2D eigenvalue weighted by molar-refractivity contribution is 6.37. The van der Waals surface area contributed by atoms with E-state index in [4.69, 9.17) is 16.3 Å². The lowest BCUT2D eigenvalue weighted by Gasteiger charge is -2.48. The average Bonchev–Trinajstić information content (AvgIpc) is 2.83. The number of halogens is 4. The Labute approximate surface area is 214 Å². The molecule has 5 rings (SSSR count). The Morgan fingerprint density at radius 1 is 1.03 bits per heavy atom. The molecule has 0 spiro atoms. The van der Waals surface area contributed by atoms with Crippen molar-refractivity contribution in [3.63, 3.8) is 0 Å². The van der Waals surface area contributed by atoms with Gasteiger partial charge in [0.25, 0.3) is 0 Å². The Hall–Kier alpha value is -1.99. The Kier molecular flexibility index (Phi) is 7.42. The Balaban J connectivity index is 1.22. The SMILES string of the molecule is O=C(O)C1CC2CCCC(C1)N2CCc1ccc2c(Cl)c(OC3CCC(C(F)(F)F)CC3)ccc2c1. The third-order valence-corrected chi connectivity index (χ3v) is 8.94. The summed E-state index contributed by atoms with van der Waals surface area (Å²) in [7, 11) is 0. The van der Waals surface area contributed by atoms with Gasteiger partial charge >= 0.3 is 12.1 Å². The van der Waals surface area contributed by atoms with Crippen molar-refractivity contribution >= 4 is 28.3 Å². The van der Waals surface area contributed by atoms with E-state index in [0.29, 0.717) is 35.7 Å². The van der Waals surface area contributed by atoms with Gasteiger partial charge in [0.2, 0.25) is 0 Å². The third kappa shape index (κ3) is 5.47. The third-order valence-electron chi connectivity index (χ3n) is 8.55. The number of benzene rings is 2. The van der Waals surface area contributed by atoms with E-state index in [9.17, 15) is 23.1 Å². The van der Waals surface area contributed by atoms with Gasteiger partial charge in [-0.25, -0.2) is 0 Å². The predicted octanol–water partition coefficient (Wildman–Crippen LogP) is 7.25. The zero-order valence-electron chi connectivity index (χ0n) is 20.3. The second kappa shape index (κ2) is 10.4. The minimum atomic E-state index is -4.13. The van der Waals surface area contributed by atoms with Gasteiger partial charge in [-0.2, -0.15) is 13.2 Å². The van der Waals surface area contributed by atoms with Crippen molar-refractivity contribution in [1.82, 2.24) is 4.90 Å². The highest BCUT2D eigenvalue weighted by atomic mass is 35.5. The summed E-state index contributed by atoms with van der Waals surface area (Å²) in [6.45, 7) is 0.919. The first-order chi connectivity index (χ1) is 17.2. The maximum atomic E-state index is 12.9. The fourth-order valence-electron chi connectivity index (χ4n) is 6.56. The van der Waals surface area contributed by atoms with E-state index in [1.807, 2.05) is 18.2 Å². The number of carboxylic acid groups (broad SMARTS) is 1. The molecule has 2 aromatic carbocycles. The Bertz CT molecular complexity index is 1090. The number of aliphatic carboxylic acids is 1. The first kappa shape index (κ1) is 25.7. The van der Waals surface area contributed by atoms with Crippen LogP contribution in [0.25, 0.3) is 10.8 Å². The van der Waals surface area contributed by atoms with Crippen LogP contribution in [0.1, 0.15) is 63.4 Å². The van der Waals surface area contributed by atoms with Crippen molar-refractivity contribution < 1.29 is 27.8 Å². The van der Waals surface area contributed by atoms with E-state index >= 15 is 0 Å². The fraction of sp³-hybridized carbons (Fsp3) is 0.607. The lowest BCUT2D eigenvalue weighted by atomic mass is 9.78. The maximum Gasteiger partial charge on any atom is 0.391 e. The number of carboxylic acids is 1. The van der Waals surface area contributed by atoms with Crippen LogP contribution in [0.5, 0.6) is 5.75 Å². The van der Waals surface area contributed by atoms with Gasteiger partial charge in [-0.3, -0.25) is 9.69 Å². The van der Waals surface area contributed by atoms with E-state index in [1.54, 1.807) is 0 Å². The van der Waals surface area contributed by atoms with Gasteiger partial charge in [-0.1, -0.05) is 42.3 Å². The summed E-state index contributed by atoms with van der Waals surface area (Å²) in [5.74, 6) is -1.57. The molecular formula is C28H33ClF3NO3. The molecule has 1 saturated carbocycles. The van der Waals surface area contributed by atoms with Crippen molar-refractivity contribution in [2.45, 2.75) is 88.6 Å². The van der Waals surface area contributed by atoms with Crippen molar-refractivity contribution in [2.24, 2.45) is 11.8 Å². The topological polar surface area (TPSA) is 49.8 Å². The first-order valence-electron chi connectivity index (χ1n) is 13.1. The van der Waals surface area contributed by atoms with Crippen LogP contribution in [-0.4, -0.2) is 46.9 Å². The number of hydrogen-bond donors (Lipinski definition) is 1. The van der Waals surface area contributed by atoms with Crippen molar-refractivity contribution in [1.29, 1.82) is 0 Å². The summed E-state index contributed by atoms with van der Waals surface area (Å²) in [6, 6.07) is 10.7. The zero-order chi connectivity index (χ0) is 25.4. The largest absolute Gasteiger partial charge is 0.489 e. The number of hydrogen-bond acceptors (Lipinski definition) is 3. The van der Waals surface area contributed by atoms with Crippen molar-refractivity contribution in [3.05, 3.63) is 40.9 Å². The molecule has 0 amide bonds. The Morgan fingerprint density at radius 3 is 2.36 bits per heavy atom. The molecule has 2 aliphatic heterocycles. The number of nitrogens with zero attached hydrogens (tertiary/aromatic N) is 1. The van der Waals surface area contributed by atoms with Gasteiger partial charge in [0.05, 0.1) is 23.0 Å². The lowest BCUT2D eigenvalue weighted by Crippen LogP contribution is -2.53. The van der Waals surface area contributed by atoms with Crippen LogP contribution >= 0.6 is 11.6 Å². The van der Waals surface area contributed by atoms with Crippen LogP contribution in [0.2, 0.25) is 5.02 Å². The van der Waals surface area contributed by atoms with Gasteiger partial charge in [-0.15, -0.1) is 0 Å². The van der Waals surface area contributed by atoms with Crippen molar-refractivity contribution in [2.75, 3.05) is 6.54 Å². The smallest absolute Gasteiger partial charge is 0.391 e. The second-order valence-electron chi connectivity index (χ2n) is 10.8. The predicted molar refractivity (Wildman–Crippen MR) is 134 cm³/mol. The van der Waals surface area contributed by atoms with Gasteiger partial charge in [0, 0.05) is 24.0 Å². The van der Waals surface area contributed by atoms with Crippen LogP contribution in [0.3, 0.4) is 0 Å². The monoisotopic (exact) mass is 523 g/mol. The van der Waals surface area contributed by atoms with Crippen LogP contribution in [-0.2, 0) is 11.2 Å². The summed E-state index contributed by atoms with van der Waals surface area (Å²) in [4.78, 5) is 14.1. The fourth-order valence-corrected chi connectivity index (χ4v) is 6.84. The van der Waals surface area contributed by atoms with Gasteiger partial charge < -0.3 is 9.84 Å². The quantitative estimate of drug-likeness (QED) is 0.433. The molecule has 36 heavy (non-hydrogen) atoms. The number of piperidine rings is 2. The molecule has 2 atom stereocenters. The Morgan fingerprint density at radius 2 is 1.72 bits per heavy atom. The molecule has 196 valence electrons. The number of fused-ring (bicyclic) bond motifs is 3. The van der Waals surface area contributed by atoms with E-state index in [-0.39, 0.29) is 24.9 Å². The molecule has 1 N–H and O–H groups in total. The summed E-state index contributed by atoms with van der Waals surface area (Å²) in [5, 5.41) is 11.9. The number of ether oxygens (including phenoxy) is 1. The normalized spacial score (nSPS) is 29.3.